The van der Waals surface area contributed by atoms with Crippen molar-refractivity contribution in [2.45, 2.75) is 33.8 Å². The van der Waals surface area contributed by atoms with Gasteiger partial charge in [0.1, 0.15) is 18.5 Å². The summed E-state index contributed by atoms with van der Waals surface area (Å²) in [6.45, 7) is 11.5. The molecule has 0 aromatic heterocycles. The highest BCUT2D eigenvalue weighted by atomic mass is 16.5. The van der Waals surface area contributed by atoms with E-state index in [9.17, 15) is 9.90 Å². The molecule has 1 rings (SSSR count). The van der Waals surface area contributed by atoms with Crippen LogP contribution in [0.2, 0.25) is 0 Å². The molecule has 1 N–H and O–H groups in total. The van der Waals surface area contributed by atoms with E-state index in [4.69, 9.17) is 4.74 Å². The first-order chi connectivity index (χ1) is 11.3. The van der Waals surface area contributed by atoms with Crippen LogP contribution in [0.15, 0.2) is 24.3 Å². The summed E-state index contributed by atoms with van der Waals surface area (Å²) < 4.78 is 10.3. The SMILES string of the molecule is COC(=O)c1ccc(OC[C@@H](O)CN(CC(C)C)CC(C)C)cc1. The summed E-state index contributed by atoms with van der Waals surface area (Å²) in [5, 5.41) is 10.2. The maximum Gasteiger partial charge on any atom is 0.337 e. The predicted octanol–water partition coefficient (Wildman–Crippen LogP) is 2.83. The van der Waals surface area contributed by atoms with Gasteiger partial charge in [-0.3, -0.25) is 0 Å². The Balaban J connectivity index is 2.48. The summed E-state index contributed by atoms with van der Waals surface area (Å²) >= 11 is 0. The van der Waals surface area contributed by atoms with E-state index in [1.54, 1.807) is 24.3 Å². The lowest BCUT2D eigenvalue weighted by Crippen LogP contribution is -2.39. The molecule has 5 heteroatoms. The van der Waals surface area contributed by atoms with Gasteiger partial charge in [-0.05, 0) is 36.1 Å². The second-order valence-electron chi connectivity index (χ2n) is 6.99. The molecule has 0 fully saturated rings. The fourth-order valence-corrected chi connectivity index (χ4v) is 2.60. The van der Waals surface area contributed by atoms with Crippen molar-refractivity contribution in [1.82, 2.24) is 4.90 Å². The van der Waals surface area contributed by atoms with Crippen molar-refractivity contribution in [2.24, 2.45) is 11.8 Å². The first-order valence-corrected chi connectivity index (χ1v) is 8.53. The van der Waals surface area contributed by atoms with Crippen molar-refractivity contribution in [3.05, 3.63) is 29.8 Å². The predicted molar refractivity (Wildman–Crippen MR) is 95.4 cm³/mol. The largest absolute Gasteiger partial charge is 0.491 e. The van der Waals surface area contributed by atoms with Crippen molar-refractivity contribution < 1.29 is 19.4 Å². The Morgan fingerprint density at radius 3 is 2.04 bits per heavy atom. The van der Waals surface area contributed by atoms with E-state index in [1.807, 2.05) is 0 Å². The normalized spacial score (nSPS) is 12.7. The van der Waals surface area contributed by atoms with Gasteiger partial charge in [0.05, 0.1) is 12.7 Å². The van der Waals surface area contributed by atoms with E-state index in [1.165, 1.54) is 7.11 Å². The topological polar surface area (TPSA) is 59.0 Å². The minimum atomic E-state index is -0.553. The van der Waals surface area contributed by atoms with Crippen LogP contribution in [-0.2, 0) is 4.74 Å². The Kier molecular flexibility index (Phi) is 8.79. The molecule has 0 heterocycles. The number of ether oxygens (including phenoxy) is 2. The zero-order valence-electron chi connectivity index (χ0n) is 15.5. The Morgan fingerprint density at radius 2 is 1.58 bits per heavy atom. The van der Waals surface area contributed by atoms with Crippen LogP contribution in [0.4, 0.5) is 0 Å². The minimum absolute atomic E-state index is 0.226. The zero-order valence-corrected chi connectivity index (χ0v) is 15.5. The number of esters is 1. The molecule has 0 aliphatic carbocycles. The van der Waals surface area contributed by atoms with Crippen LogP contribution >= 0.6 is 0 Å². The Morgan fingerprint density at radius 1 is 1.04 bits per heavy atom. The van der Waals surface area contributed by atoms with Crippen LogP contribution in [0.25, 0.3) is 0 Å². The van der Waals surface area contributed by atoms with Crippen molar-refractivity contribution >= 4 is 5.97 Å². The van der Waals surface area contributed by atoms with Gasteiger partial charge >= 0.3 is 5.97 Å². The van der Waals surface area contributed by atoms with Gasteiger partial charge in [0.2, 0.25) is 0 Å². The molecule has 136 valence electrons. The number of aliphatic hydroxyl groups excluding tert-OH is 1. The quantitative estimate of drug-likeness (QED) is 0.665. The summed E-state index contributed by atoms with van der Waals surface area (Å²) in [5.41, 5.74) is 0.477. The molecule has 0 aliphatic heterocycles. The summed E-state index contributed by atoms with van der Waals surface area (Å²) in [6.07, 6.45) is -0.553. The van der Waals surface area contributed by atoms with E-state index in [0.717, 1.165) is 13.1 Å². The molecular formula is C19H31NO4. The lowest BCUT2D eigenvalue weighted by atomic mass is 10.1. The van der Waals surface area contributed by atoms with Crippen LogP contribution in [0.1, 0.15) is 38.1 Å². The molecular weight excluding hydrogens is 306 g/mol. The van der Waals surface area contributed by atoms with Crippen LogP contribution in [-0.4, -0.2) is 55.4 Å². The summed E-state index contributed by atoms with van der Waals surface area (Å²) in [6, 6.07) is 6.71. The molecule has 1 aromatic carbocycles. The molecule has 0 spiro atoms. The Bertz CT molecular complexity index is 475. The highest BCUT2D eigenvalue weighted by Gasteiger charge is 2.15. The maximum absolute atomic E-state index is 11.4. The van der Waals surface area contributed by atoms with Gasteiger partial charge in [-0.2, -0.15) is 0 Å². The first kappa shape index (κ1) is 20.5. The van der Waals surface area contributed by atoms with Gasteiger partial charge < -0.3 is 19.5 Å². The molecule has 1 aromatic rings. The van der Waals surface area contributed by atoms with Crippen molar-refractivity contribution in [3.63, 3.8) is 0 Å². The number of hydrogen-bond donors (Lipinski definition) is 1. The van der Waals surface area contributed by atoms with Crippen molar-refractivity contribution in [1.29, 1.82) is 0 Å². The average molecular weight is 337 g/mol. The lowest BCUT2D eigenvalue weighted by molar-refractivity contribution is 0.0590. The summed E-state index contributed by atoms with van der Waals surface area (Å²) in [5.74, 6) is 1.37. The van der Waals surface area contributed by atoms with Gasteiger partial charge in [0.15, 0.2) is 0 Å². The highest BCUT2D eigenvalue weighted by molar-refractivity contribution is 5.89. The van der Waals surface area contributed by atoms with Gasteiger partial charge in [-0.15, -0.1) is 0 Å². The van der Waals surface area contributed by atoms with Crippen LogP contribution in [0, 0.1) is 11.8 Å². The molecule has 24 heavy (non-hydrogen) atoms. The summed E-state index contributed by atoms with van der Waals surface area (Å²) in [7, 11) is 1.35. The zero-order chi connectivity index (χ0) is 18.1. The van der Waals surface area contributed by atoms with Crippen molar-refractivity contribution in [2.75, 3.05) is 33.4 Å². The molecule has 5 nitrogen and oxygen atoms in total. The smallest absolute Gasteiger partial charge is 0.337 e. The highest BCUT2D eigenvalue weighted by Crippen LogP contribution is 2.13. The van der Waals surface area contributed by atoms with Crippen LogP contribution in [0.5, 0.6) is 5.75 Å². The fraction of sp³-hybridized carbons (Fsp3) is 0.632. The number of aliphatic hydroxyl groups is 1. The third-order valence-electron chi connectivity index (χ3n) is 3.43. The molecule has 0 saturated carbocycles. The summed E-state index contributed by atoms with van der Waals surface area (Å²) in [4.78, 5) is 13.7. The molecule has 0 unspecified atom stereocenters. The van der Waals surface area contributed by atoms with Crippen molar-refractivity contribution in [3.8, 4) is 5.75 Å². The number of carbonyl (C=O) groups excluding carboxylic acids is 1. The van der Waals surface area contributed by atoms with E-state index < -0.39 is 6.10 Å². The third kappa shape index (κ3) is 7.79. The standard InChI is InChI=1S/C19H31NO4/c1-14(2)10-20(11-15(3)4)12-17(21)13-24-18-8-6-16(7-9-18)19(22)23-5/h6-9,14-15,17,21H,10-13H2,1-5H3/t17-/m0/s1. The molecule has 0 amide bonds. The second kappa shape index (κ2) is 10.3. The molecule has 0 bridgehead atoms. The number of hydrogen-bond acceptors (Lipinski definition) is 5. The number of benzene rings is 1. The average Bonchev–Trinajstić information content (AvgIpc) is 2.51. The molecule has 1 atom stereocenters. The second-order valence-corrected chi connectivity index (χ2v) is 6.99. The van der Waals surface area contributed by atoms with Gasteiger partial charge in [-0.25, -0.2) is 4.79 Å². The van der Waals surface area contributed by atoms with E-state index in [0.29, 0.717) is 29.7 Å². The molecule has 0 saturated heterocycles. The van der Waals surface area contributed by atoms with Gasteiger partial charge in [0.25, 0.3) is 0 Å². The van der Waals surface area contributed by atoms with E-state index in [-0.39, 0.29) is 12.6 Å². The van der Waals surface area contributed by atoms with Gasteiger partial charge in [-0.1, -0.05) is 27.7 Å². The number of methoxy groups -OCH3 is 1. The monoisotopic (exact) mass is 337 g/mol. The van der Waals surface area contributed by atoms with Gasteiger partial charge in [0, 0.05) is 19.6 Å². The first-order valence-electron chi connectivity index (χ1n) is 8.53. The van der Waals surface area contributed by atoms with E-state index >= 15 is 0 Å². The van der Waals surface area contributed by atoms with Crippen LogP contribution < -0.4 is 4.74 Å². The fourth-order valence-electron chi connectivity index (χ4n) is 2.60. The number of rotatable bonds is 10. The van der Waals surface area contributed by atoms with Crippen LogP contribution in [0.3, 0.4) is 0 Å². The minimum Gasteiger partial charge on any atom is -0.491 e. The number of carbonyl (C=O) groups is 1. The Hall–Kier alpha value is -1.59. The lowest BCUT2D eigenvalue weighted by Gasteiger charge is -2.28. The number of nitrogens with zero attached hydrogens (tertiary/aromatic N) is 1. The Labute approximate surface area is 145 Å². The maximum atomic E-state index is 11.4. The van der Waals surface area contributed by atoms with E-state index in [2.05, 4.69) is 37.3 Å². The molecule has 0 aliphatic rings. The molecule has 0 radical (unpaired) electrons. The third-order valence-corrected chi connectivity index (χ3v) is 3.43.